The smallest absolute Gasteiger partial charge is 0.251 e. The number of hydrogen-bond acceptors (Lipinski definition) is 2. The number of carbonyl (C=O) groups excluding carboxylic acids is 1. The summed E-state index contributed by atoms with van der Waals surface area (Å²) >= 11 is 0. The van der Waals surface area contributed by atoms with Crippen molar-refractivity contribution >= 4 is 11.6 Å². The Morgan fingerprint density at radius 1 is 1.39 bits per heavy atom. The predicted octanol–water partition coefficient (Wildman–Crippen LogP) is 3.21. The fourth-order valence-corrected chi connectivity index (χ4v) is 1.71. The molecule has 0 fully saturated rings. The molecule has 0 aliphatic heterocycles. The molecule has 3 heteroatoms. The minimum absolute atomic E-state index is 0.0521. The number of amides is 1. The number of carbonyl (C=O) groups is 1. The Balaban J connectivity index is 2.50. The van der Waals surface area contributed by atoms with Gasteiger partial charge in [0.1, 0.15) is 0 Å². The summed E-state index contributed by atoms with van der Waals surface area (Å²) in [4.78, 5) is 12.0. The number of hydrogen-bond donors (Lipinski definition) is 2. The molecule has 100 valence electrons. The quantitative estimate of drug-likeness (QED) is 0.804. The average molecular weight is 248 g/mol. The van der Waals surface area contributed by atoms with Crippen LogP contribution in [0.25, 0.3) is 0 Å². The fourth-order valence-electron chi connectivity index (χ4n) is 1.71. The summed E-state index contributed by atoms with van der Waals surface area (Å²) in [5.41, 5.74) is 7.20. The van der Waals surface area contributed by atoms with Gasteiger partial charge in [0.15, 0.2) is 0 Å². The van der Waals surface area contributed by atoms with Gasteiger partial charge in [-0.3, -0.25) is 4.79 Å². The van der Waals surface area contributed by atoms with E-state index in [1.54, 1.807) is 24.3 Å². The van der Waals surface area contributed by atoms with E-state index in [0.717, 1.165) is 12.8 Å². The minimum Gasteiger partial charge on any atom is -0.399 e. The predicted molar refractivity (Wildman–Crippen MR) is 76.5 cm³/mol. The lowest BCUT2D eigenvalue weighted by Gasteiger charge is -2.21. The first kappa shape index (κ1) is 14.6. The first-order valence-corrected chi connectivity index (χ1v) is 6.44. The molecule has 0 saturated heterocycles. The van der Waals surface area contributed by atoms with Crippen molar-refractivity contribution in [2.24, 2.45) is 5.41 Å². The van der Waals surface area contributed by atoms with Crippen molar-refractivity contribution < 1.29 is 4.79 Å². The molecule has 0 aliphatic carbocycles. The van der Waals surface area contributed by atoms with Crippen molar-refractivity contribution in [1.29, 1.82) is 0 Å². The maximum absolute atomic E-state index is 12.0. The first-order valence-electron chi connectivity index (χ1n) is 6.44. The van der Waals surface area contributed by atoms with E-state index in [-0.39, 0.29) is 11.9 Å². The van der Waals surface area contributed by atoms with Gasteiger partial charge in [-0.05, 0) is 43.4 Å². The van der Waals surface area contributed by atoms with Crippen LogP contribution in [0.1, 0.15) is 50.9 Å². The Labute approximate surface area is 110 Å². The normalized spacial score (nSPS) is 13.1. The van der Waals surface area contributed by atoms with Crippen molar-refractivity contribution in [2.45, 2.75) is 46.6 Å². The van der Waals surface area contributed by atoms with Gasteiger partial charge in [-0.1, -0.05) is 26.8 Å². The van der Waals surface area contributed by atoms with E-state index in [4.69, 9.17) is 5.73 Å². The zero-order valence-corrected chi connectivity index (χ0v) is 11.8. The van der Waals surface area contributed by atoms with E-state index in [0.29, 0.717) is 16.7 Å². The third-order valence-electron chi connectivity index (χ3n) is 2.85. The van der Waals surface area contributed by atoms with Crippen LogP contribution in [0, 0.1) is 5.41 Å². The summed E-state index contributed by atoms with van der Waals surface area (Å²) in [5.74, 6) is -0.0521. The van der Waals surface area contributed by atoms with Gasteiger partial charge in [0.25, 0.3) is 5.91 Å². The Hall–Kier alpha value is -1.51. The molecule has 1 rings (SSSR count). The number of nitrogens with two attached hydrogens (primary N) is 1. The highest BCUT2D eigenvalue weighted by Gasteiger charge is 2.14. The summed E-state index contributed by atoms with van der Waals surface area (Å²) < 4.78 is 0. The molecule has 3 nitrogen and oxygen atoms in total. The molecule has 0 heterocycles. The monoisotopic (exact) mass is 248 g/mol. The highest BCUT2D eigenvalue weighted by molar-refractivity contribution is 5.95. The fraction of sp³-hybridized carbons (Fsp3) is 0.533. The van der Waals surface area contributed by atoms with Crippen LogP contribution in [-0.4, -0.2) is 11.9 Å². The third kappa shape index (κ3) is 5.21. The number of rotatable bonds is 4. The first-order chi connectivity index (χ1) is 8.28. The number of benzene rings is 1. The summed E-state index contributed by atoms with van der Waals surface area (Å²) in [5, 5.41) is 3.00. The van der Waals surface area contributed by atoms with Crippen LogP contribution in [0.15, 0.2) is 24.3 Å². The molecule has 0 saturated carbocycles. The molecule has 1 aromatic rings. The topological polar surface area (TPSA) is 55.1 Å². The van der Waals surface area contributed by atoms with Crippen molar-refractivity contribution in [3.05, 3.63) is 29.8 Å². The van der Waals surface area contributed by atoms with E-state index in [1.807, 2.05) is 6.92 Å². The average Bonchev–Trinajstić information content (AvgIpc) is 2.25. The van der Waals surface area contributed by atoms with Crippen LogP contribution in [0.4, 0.5) is 5.69 Å². The van der Waals surface area contributed by atoms with Gasteiger partial charge in [0.2, 0.25) is 0 Å². The summed E-state index contributed by atoms with van der Waals surface area (Å²) in [6.45, 7) is 8.66. The maximum atomic E-state index is 12.0. The molecular formula is C15H24N2O. The SMILES string of the molecule is CC(CCC(C)(C)C)NC(=O)c1cccc(N)c1. The zero-order valence-electron chi connectivity index (χ0n) is 11.8. The van der Waals surface area contributed by atoms with Crippen molar-refractivity contribution in [3.8, 4) is 0 Å². The van der Waals surface area contributed by atoms with Crippen LogP contribution in [0.3, 0.4) is 0 Å². The van der Waals surface area contributed by atoms with Crippen LogP contribution in [0.5, 0.6) is 0 Å². The minimum atomic E-state index is -0.0521. The molecule has 1 aromatic carbocycles. The van der Waals surface area contributed by atoms with E-state index >= 15 is 0 Å². The van der Waals surface area contributed by atoms with Crippen LogP contribution >= 0.6 is 0 Å². The largest absolute Gasteiger partial charge is 0.399 e. The van der Waals surface area contributed by atoms with Gasteiger partial charge in [-0.15, -0.1) is 0 Å². The lowest BCUT2D eigenvalue weighted by molar-refractivity contribution is 0.0935. The Bertz CT molecular complexity index is 407. The van der Waals surface area contributed by atoms with Crippen molar-refractivity contribution in [1.82, 2.24) is 5.32 Å². The van der Waals surface area contributed by atoms with Gasteiger partial charge >= 0.3 is 0 Å². The highest BCUT2D eigenvalue weighted by atomic mass is 16.1. The van der Waals surface area contributed by atoms with E-state index < -0.39 is 0 Å². The Morgan fingerprint density at radius 3 is 2.61 bits per heavy atom. The standard InChI is InChI=1S/C15H24N2O/c1-11(8-9-15(2,3)4)17-14(18)12-6-5-7-13(16)10-12/h5-7,10-11H,8-9,16H2,1-4H3,(H,17,18). The molecule has 1 atom stereocenters. The molecule has 0 bridgehead atoms. The van der Waals surface area contributed by atoms with Crippen LogP contribution in [-0.2, 0) is 0 Å². The zero-order chi connectivity index (χ0) is 13.8. The lowest BCUT2D eigenvalue weighted by Crippen LogP contribution is -2.33. The van der Waals surface area contributed by atoms with E-state index in [1.165, 1.54) is 0 Å². The molecule has 1 unspecified atom stereocenters. The second-order valence-corrected chi connectivity index (χ2v) is 6.10. The molecule has 18 heavy (non-hydrogen) atoms. The second-order valence-electron chi connectivity index (χ2n) is 6.10. The number of nitrogen functional groups attached to an aromatic ring is 1. The molecular weight excluding hydrogens is 224 g/mol. The summed E-state index contributed by atoms with van der Waals surface area (Å²) in [7, 11) is 0. The van der Waals surface area contributed by atoms with Gasteiger partial charge in [-0.2, -0.15) is 0 Å². The molecule has 3 N–H and O–H groups in total. The lowest BCUT2D eigenvalue weighted by atomic mass is 9.89. The van der Waals surface area contributed by atoms with E-state index in [2.05, 4.69) is 26.1 Å². The number of anilines is 1. The Kier molecular flexibility index (Phi) is 4.76. The maximum Gasteiger partial charge on any atom is 0.251 e. The van der Waals surface area contributed by atoms with Gasteiger partial charge in [0.05, 0.1) is 0 Å². The van der Waals surface area contributed by atoms with Crippen molar-refractivity contribution in [2.75, 3.05) is 5.73 Å². The van der Waals surface area contributed by atoms with Gasteiger partial charge in [-0.25, -0.2) is 0 Å². The highest BCUT2D eigenvalue weighted by Crippen LogP contribution is 2.21. The summed E-state index contributed by atoms with van der Waals surface area (Å²) in [6.07, 6.45) is 2.07. The van der Waals surface area contributed by atoms with Gasteiger partial charge in [0, 0.05) is 17.3 Å². The van der Waals surface area contributed by atoms with Crippen molar-refractivity contribution in [3.63, 3.8) is 0 Å². The molecule has 0 spiro atoms. The number of nitrogens with one attached hydrogen (secondary N) is 1. The molecule has 0 radical (unpaired) electrons. The molecule has 0 aliphatic rings. The van der Waals surface area contributed by atoms with Crippen LogP contribution < -0.4 is 11.1 Å². The third-order valence-corrected chi connectivity index (χ3v) is 2.85. The van der Waals surface area contributed by atoms with Crippen LogP contribution in [0.2, 0.25) is 0 Å². The summed E-state index contributed by atoms with van der Waals surface area (Å²) in [6, 6.07) is 7.23. The molecule has 0 aromatic heterocycles. The Morgan fingerprint density at radius 2 is 2.06 bits per heavy atom. The van der Waals surface area contributed by atoms with E-state index in [9.17, 15) is 4.79 Å². The van der Waals surface area contributed by atoms with Gasteiger partial charge < -0.3 is 11.1 Å². The molecule has 1 amide bonds. The second kappa shape index (κ2) is 5.89.